The molecule has 1 aliphatic rings. The Morgan fingerprint density at radius 2 is 2.16 bits per heavy atom. The molecule has 1 aliphatic heterocycles. The Hall–Kier alpha value is -2.08. The monoisotopic (exact) mass is 282 g/mol. The van der Waals surface area contributed by atoms with Crippen LogP contribution in [0.3, 0.4) is 0 Å². The van der Waals surface area contributed by atoms with E-state index in [1.165, 1.54) is 11.0 Å². The highest BCUT2D eigenvalue weighted by Gasteiger charge is 2.27. The van der Waals surface area contributed by atoms with Crippen LogP contribution in [0, 0.1) is 0 Å². The molecule has 6 nitrogen and oxygen atoms in total. The lowest BCUT2D eigenvalue weighted by molar-refractivity contribution is -0.124. The number of hydrogen-bond acceptors (Lipinski definition) is 4. The molecule has 0 atom stereocenters. The number of fused-ring (bicyclic) bond motifs is 1. The van der Waals surface area contributed by atoms with Crippen LogP contribution < -0.4 is 15.4 Å². The number of benzene rings is 1. The Balaban J connectivity index is 2.43. The van der Waals surface area contributed by atoms with Crippen LogP contribution in [0.1, 0.15) is 10.4 Å². The van der Waals surface area contributed by atoms with E-state index in [2.05, 4.69) is 0 Å². The molecular formula is C12H11ClN2O4. The zero-order valence-corrected chi connectivity index (χ0v) is 10.6. The molecular weight excluding hydrogens is 272 g/mol. The Bertz CT molecular complexity index is 559. The fraction of sp³-hybridized carbons (Fsp3) is 0.250. The van der Waals surface area contributed by atoms with E-state index < -0.39 is 5.91 Å². The molecule has 0 bridgehead atoms. The van der Waals surface area contributed by atoms with Crippen LogP contribution >= 0.6 is 11.6 Å². The number of anilines is 1. The zero-order chi connectivity index (χ0) is 14.0. The second kappa shape index (κ2) is 5.27. The zero-order valence-electron chi connectivity index (χ0n) is 9.89. The summed E-state index contributed by atoms with van der Waals surface area (Å²) in [6.07, 6.45) is 0. The van der Waals surface area contributed by atoms with Crippen molar-refractivity contribution in [1.82, 2.24) is 0 Å². The lowest BCUT2D eigenvalue weighted by Crippen LogP contribution is -2.43. The van der Waals surface area contributed by atoms with Gasteiger partial charge < -0.3 is 10.5 Å². The van der Waals surface area contributed by atoms with E-state index in [9.17, 15) is 14.4 Å². The molecule has 19 heavy (non-hydrogen) atoms. The Morgan fingerprint density at radius 3 is 2.79 bits per heavy atom. The molecule has 0 aromatic heterocycles. The number of ketones is 1. The van der Waals surface area contributed by atoms with E-state index in [1.807, 2.05) is 0 Å². The molecule has 2 rings (SSSR count). The number of halogens is 1. The van der Waals surface area contributed by atoms with Gasteiger partial charge in [-0.3, -0.25) is 19.3 Å². The van der Waals surface area contributed by atoms with E-state index in [4.69, 9.17) is 22.1 Å². The summed E-state index contributed by atoms with van der Waals surface area (Å²) in [5.41, 5.74) is 5.81. The third kappa shape index (κ3) is 2.68. The number of carbonyl (C=O) groups is 3. The van der Waals surface area contributed by atoms with Crippen molar-refractivity contribution in [3.8, 4) is 5.75 Å². The van der Waals surface area contributed by atoms with Crippen molar-refractivity contribution in [1.29, 1.82) is 0 Å². The second-order valence-electron chi connectivity index (χ2n) is 3.97. The van der Waals surface area contributed by atoms with Crippen LogP contribution in [-0.4, -0.2) is 36.6 Å². The summed E-state index contributed by atoms with van der Waals surface area (Å²) in [6, 6.07) is 4.59. The van der Waals surface area contributed by atoms with E-state index in [0.717, 1.165) is 0 Å². The van der Waals surface area contributed by atoms with Crippen molar-refractivity contribution < 1.29 is 19.1 Å². The van der Waals surface area contributed by atoms with Gasteiger partial charge in [-0.15, -0.1) is 11.6 Å². The van der Waals surface area contributed by atoms with E-state index in [0.29, 0.717) is 17.0 Å². The van der Waals surface area contributed by atoms with Gasteiger partial charge in [-0.25, -0.2) is 0 Å². The van der Waals surface area contributed by atoms with Gasteiger partial charge in [-0.1, -0.05) is 0 Å². The van der Waals surface area contributed by atoms with Crippen molar-refractivity contribution in [3.63, 3.8) is 0 Å². The van der Waals surface area contributed by atoms with Crippen LogP contribution in [0.15, 0.2) is 18.2 Å². The van der Waals surface area contributed by atoms with Crippen LogP contribution in [0.2, 0.25) is 0 Å². The maximum Gasteiger partial charge on any atom is 0.265 e. The molecule has 0 radical (unpaired) electrons. The molecule has 100 valence electrons. The minimum absolute atomic E-state index is 0.163. The van der Waals surface area contributed by atoms with Gasteiger partial charge >= 0.3 is 0 Å². The fourth-order valence-corrected chi connectivity index (χ4v) is 1.94. The van der Waals surface area contributed by atoms with Gasteiger partial charge in [0.1, 0.15) is 12.3 Å². The maximum atomic E-state index is 11.7. The van der Waals surface area contributed by atoms with E-state index in [-0.39, 0.29) is 30.7 Å². The normalized spacial score (nSPS) is 13.7. The van der Waals surface area contributed by atoms with Gasteiger partial charge in [0.05, 0.1) is 11.6 Å². The van der Waals surface area contributed by atoms with Crippen molar-refractivity contribution in [2.24, 2.45) is 5.73 Å². The standard InChI is InChI=1S/C12H11ClN2O4/c13-4-9(16)7-1-2-10-8(3-7)15(5-11(14)17)12(18)6-19-10/h1-3H,4-6H2,(H2,14,17). The third-order valence-electron chi connectivity index (χ3n) is 2.66. The molecule has 0 unspecified atom stereocenters. The smallest absolute Gasteiger partial charge is 0.265 e. The largest absolute Gasteiger partial charge is 0.482 e. The predicted molar refractivity (Wildman–Crippen MR) is 68.5 cm³/mol. The number of alkyl halides is 1. The molecule has 1 aromatic rings. The number of amides is 2. The minimum atomic E-state index is -0.643. The lowest BCUT2D eigenvalue weighted by Gasteiger charge is -2.28. The Kier molecular flexibility index (Phi) is 3.71. The molecule has 0 saturated carbocycles. The van der Waals surface area contributed by atoms with Crippen molar-refractivity contribution in [2.45, 2.75) is 0 Å². The molecule has 1 heterocycles. The molecule has 0 fully saturated rings. The summed E-state index contributed by atoms with van der Waals surface area (Å²) < 4.78 is 5.23. The number of nitrogens with two attached hydrogens (primary N) is 1. The molecule has 7 heteroatoms. The highest BCUT2D eigenvalue weighted by molar-refractivity contribution is 6.30. The summed E-state index contributed by atoms with van der Waals surface area (Å²) in [4.78, 5) is 35.5. The van der Waals surface area contributed by atoms with Crippen molar-refractivity contribution >= 4 is 34.9 Å². The molecule has 1 aromatic carbocycles. The van der Waals surface area contributed by atoms with Gasteiger partial charge in [0, 0.05) is 5.56 Å². The summed E-state index contributed by atoms with van der Waals surface area (Å²) in [5.74, 6) is -1.05. The average Bonchev–Trinajstić information content (AvgIpc) is 2.40. The predicted octanol–water partition coefficient (Wildman–Crippen LogP) is 0.319. The lowest BCUT2D eigenvalue weighted by atomic mass is 10.1. The number of ether oxygens (including phenoxy) is 1. The molecule has 0 spiro atoms. The molecule has 0 aliphatic carbocycles. The third-order valence-corrected chi connectivity index (χ3v) is 2.90. The van der Waals surface area contributed by atoms with Crippen molar-refractivity contribution in [3.05, 3.63) is 23.8 Å². The summed E-state index contributed by atoms with van der Waals surface area (Å²) >= 11 is 5.48. The number of primary amides is 1. The van der Waals surface area contributed by atoms with Gasteiger partial charge in [-0.05, 0) is 18.2 Å². The average molecular weight is 283 g/mol. The first-order chi connectivity index (χ1) is 9.02. The summed E-state index contributed by atoms with van der Waals surface area (Å²) in [5, 5.41) is 0. The van der Waals surface area contributed by atoms with Crippen LogP contribution in [0.4, 0.5) is 5.69 Å². The first-order valence-corrected chi connectivity index (χ1v) is 6.01. The topological polar surface area (TPSA) is 89.7 Å². The first-order valence-electron chi connectivity index (χ1n) is 5.47. The molecule has 0 saturated heterocycles. The number of Topliss-reactive ketones (excluding diaryl/α,β-unsaturated/α-hetero) is 1. The minimum Gasteiger partial charge on any atom is -0.482 e. The van der Waals surface area contributed by atoms with Gasteiger partial charge in [0.15, 0.2) is 12.4 Å². The maximum absolute atomic E-state index is 11.7. The highest BCUT2D eigenvalue weighted by atomic mass is 35.5. The van der Waals surface area contributed by atoms with E-state index >= 15 is 0 Å². The van der Waals surface area contributed by atoms with Crippen molar-refractivity contribution in [2.75, 3.05) is 23.9 Å². The Labute approximate surface area is 114 Å². The van der Waals surface area contributed by atoms with Gasteiger partial charge in [0.25, 0.3) is 5.91 Å². The summed E-state index contributed by atoms with van der Waals surface area (Å²) in [7, 11) is 0. The fourth-order valence-electron chi connectivity index (χ4n) is 1.78. The van der Waals surface area contributed by atoms with Gasteiger partial charge in [0.2, 0.25) is 5.91 Å². The SMILES string of the molecule is NC(=O)CN1C(=O)COc2ccc(C(=O)CCl)cc21. The van der Waals surface area contributed by atoms with E-state index in [1.54, 1.807) is 12.1 Å². The number of nitrogens with zero attached hydrogens (tertiary/aromatic N) is 1. The highest BCUT2D eigenvalue weighted by Crippen LogP contribution is 2.32. The second-order valence-corrected chi connectivity index (χ2v) is 4.24. The molecule has 2 amide bonds. The van der Waals surface area contributed by atoms with Crippen LogP contribution in [-0.2, 0) is 9.59 Å². The first kappa shape index (κ1) is 13.4. The number of carbonyl (C=O) groups excluding carboxylic acids is 3. The Morgan fingerprint density at radius 1 is 1.42 bits per heavy atom. The van der Waals surface area contributed by atoms with Gasteiger partial charge in [-0.2, -0.15) is 0 Å². The van der Waals surface area contributed by atoms with Crippen LogP contribution in [0.25, 0.3) is 0 Å². The van der Waals surface area contributed by atoms with Crippen LogP contribution in [0.5, 0.6) is 5.75 Å². The number of rotatable bonds is 4. The number of hydrogen-bond donors (Lipinski definition) is 1. The summed E-state index contributed by atoms with van der Waals surface area (Å²) in [6.45, 7) is -0.420. The quantitative estimate of drug-likeness (QED) is 0.636. The molecule has 2 N–H and O–H groups in total.